The summed E-state index contributed by atoms with van der Waals surface area (Å²) < 4.78 is 11.4. The minimum absolute atomic E-state index is 0.183. The van der Waals surface area contributed by atoms with Crippen molar-refractivity contribution < 1.29 is 13.9 Å². The molecule has 1 aromatic carbocycles. The largest absolute Gasteiger partial charge is 0.476 e. The Morgan fingerprint density at radius 2 is 1.96 bits per heavy atom. The van der Waals surface area contributed by atoms with Crippen molar-refractivity contribution in [2.24, 2.45) is 0 Å². The minimum Gasteiger partial charge on any atom is -0.476 e. The first kappa shape index (κ1) is 18.1. The summed E-state index contributed by atoms with van der Waals surface area (Å²) in [7, 11) is 0. The van der Waals surface area contributed by atoms with E-state index in [0.29, 0.717) is 23.0 Å². The molecular formula is C20H23N5O3. The number of nitrogens with one attached hydrogen (secondary N) is 2. The number of hydrogen-bond donors (Lipinski definition) is 2. The number of hydrogen-bond acceptors (Lipinski definition) is 7. The molecule has 0 saturated carbocycles. The molecule has 146 valence electrons. The van der Waals surface area contributed by atoms with Crippen molar-refractivity contribution in [2.45, 2.75) is 33.3 Å². The van der Waals surface area contributed by atoms with Crippen LogP contribution in [-0.2, 0) is 4.79 Å². The average molecular weight is 381 g/mol. The molecule has 0 aliphatic carbocycles. The fourth-order valence-corrected chi connectivity index (χ4v) is 3.16. The predicted molar refractivity (Wildman–Crippen MR) is 108 cm³/mol. The Bertz CT molecular complexity index is 1040. The molecule has 1 aliphatic rings. The highest BCUT2D eigenvalue weighted by Gasteiger charge is 2.35. The molecule has 2 N–H and O–H groups in total. The topological polar surface area (TPSA) is 92.5 Å². The third-order valence-corrected chi connectivity index (χ3v) is 4.74. The van der Waals surface area contributed by atoms with Crippen LogP contribution in [0.4, 0.5) is 23.1 Å². The average Bonchev–Trinajstić information content (AvgIpc) is 3.12. The van der Waals surface area contributed by atoms with Gasteiger partial charge in [-0.1, -0.05) is 0 Å². The summed E-state index contributed by atoms with van der Waals surface area (Å²) in [6, 6.07) is 7.31. The standard InChI is InChI=1S/C20H23N5O3/c1-5-25(6-2)17-16-13(9-10-27-16)23-19(24-17)21-12-7-8-15-14(11-12)22-18(26)20(3,4)28-15/h7-11H,5-6H2,1-4H3,(H,22,26)(H,21,23,24). The Morgan fingerprint density at radius 1 is 1.18 bits per heavy atom. The monoisotopic (exact) mass is 381 g/mol. The van der Waals surface area contributed by atoms with Crippen molar-refractivity contribution in [1.29, 1.82) is 0 Å². The summed E-state index contributed by atoms with van der Waals surface area (Å²) in [6.45, 7) is 9.23. The van der Waals surface area contributed by atoms with Gasteiger partial charge in [0.1, 0.15) is 11.3 Å². The van der Waals surface area contributed by atoms with Gasteiger partial charge in [-0.15, -0.1) is 0 Å². The number of anilines is 4. The molecule has 4 rings (SSSR count). The second-order valence-electron chi connectivity index (χ2n) is 7.08. The van der Waals surface area contributed by atoms with Gasteiger partial charge in [0.15, 0.2) is 17.0 Å². The molecule has 8 nitrogen and oxygen atoms in total. The lowest BCUT2D eigenvalue weighted by atomic mass is 10.1. The lowest BCUT2D eigenvalue weighted by Crippen LogP contribution is -2.45. The zero-order valence-corrected chi connectivity index (χ0v) is 16.4. The van der Waals surface area contributed by atoms with Crippen molar-refractivity contribution in [3.8, 4) is 5.75 Å². The van der Waals surface area contributed by atoms with Crippen molar-refractivity contribution >= 4 is 40.1 Å². The number of fused-ring (bicyclic) bond motifs is 2. The summed E-state index contributed by atoms with van der Waals surface area (Å²) in [4.78, 5) is 23.4. The van der Waals surface area contributed by atoms with E-state index in [9.17, 15) is 4.79 Å². The van der Waals surface area contributed by atoms with Crippen molar-refractivity contribution in [3.63, 3.8) is 0 Å². The summed E-state index contributed by atoms with van der Waals surface area (Å²) in [6.07, 6.45) is 1.61. The van der Waals surface area contributed by atoms with Gasteiger partial charge in [0.2, 0.25) is 5.95 Å². The molecule has 0 atom stereocenters. The van der Waals surface area contributed by atoms with Gasteiger partial charge in [0, 0.05) is 24.8 Å². The first-order valence-corrected chi connectivity index (χ1v) is 9.33. The normalized spacial score (nSPS) is 14.9. The molecular weight excluding hydrogens is 358 g/mol. The fraction of sp³-hybridized carbons (Fsp3) is 0.350. The van der Waals surface area contributed by atoms with E-state index in [-0.39, 0.29) is 5.91 Å². The van der Waals surface area contributed by atoms with Gasteiger partial charge in [0.05, 0.1) is 12.0 Å². The van der Waals surface area contributed by atoms with E-state index in [2.05, 4.69) is 39.3 Å². The van der Waals surface area contributed by atoms with Crippen LogP contribution in [0.3, 0.4) is 0 Å². The molecule has 28 heavy (non-hydrogen) atoms. The first-order valence-electron chi connectivity index (χ1n) is 9.33. The number of rotatable bonds is 5. The van der Waals surface area contributed by atoms with Crippen LogP contribution >= 0.6 is 0 Å². The van der Waals surface area contributed by atoms with Gasteiger partial charge in [-0.05, 0) is 45.9 Å². The SMILES string of the molecule is CCN(CC)c1nc(Nc2ccc3c(c2)NC(=O)C(C)(C)O3)nc2ccoc12. The third kappa shape index (κ3) is 3.11. The van der Waals surface area contributed by atoms with Crippen LogP contribution in [0, 0.1) is 0 Å². The van der Waals surface area contributed by atoms with Crippen LogP contribution in [-0.4, -0.2) is 34.6 Å². The Balaban J connectivity index is 1.67. The number of aromatic nitrogens is 2. The van der Waals surface area contributed by atoms with Gasteiger partial charge in [0.25, 0.3) is 5.91 Å². The molecule has 1 aliphatic heterocycles. The molecule has 2 aromatic heterocycles. The molecule has 1 amide bonds. The van der Waals surface area contributed by atoms with E-state index < -0.39 is 5.60 Å². The highest BCUT2D eigenvalue weighted by molar-refractivity contribution is 6.00. The molecule has 0 spiro atoms. The summed E-state index contributed by atoms with van der Waals surface area (Å²) in [5.41, 5.74) is 1.87. The zero-order chi connectivity index (χ0) is 19.9. The maximum absolute atomic E-state index is 12.2. The van der Waals surface area contributed by atoms with Crippen LogP contribution in [0.5, 0.6) is 5.75 Å². The fourth-order valence-electron chi connectivity index (χ4n) is 3.16. The molecule has 0 bridgehead atoms. The van der Waals surface area contributed by atoms with E-state index in [1.54, 1.807) is 20.1 Å². The van der Waals surface area contributed by atoms with Gasteiger partial charge >= 0.3 is 0 Å². The zero-order valence-electron chi connectivity index (χ0n) is 16.4. The summed E-state index contributed by atoms with van der Waals surface area (Å²) >= 11 is 0. The van der Waals surface area contributed by atoms with E-state index >= 15 is 0 Å². The molecule has 0 unspecified atom stereocenters. The van der Waals surface area contributed by atoms with E-state index in [0.717, 1.165) is 30.1 Å². The van der Waals surface area contributed by atoms with Gasteiger partial charge < -0.3 is 24.7 Å². The maximum atomic E-state index is 12.2. The minimum atomic E-state index is -0.893. The number of ether oxygens (including phenoxy) is 1. The summed E-state index contributed by atoms with van der Waals surface area (Å²) in [5, 5.41) is 6.10. The van der Waals surface area contributed by atoms with Crippen LogP contribution in [0.25, 0.3) is 11.1 Å². The van der Waals surface area contributed by atoms with Crippen LogP contribution in [0.15, 0.2) is 34.9 Å². The second kappa shape index (κ2) is 6.70. The maximum Gasteiger partial charge on any atom is 0.268 e. The first-order chi connectivity index (χ1) is 13.4. The highest BCUT2D eigenvalue weighted by atomic mass is 16.5. The number of carbonyl (C=O) groups excluding carboxylic acids is 1. The Morgan fingerprint density at radius 3 is 2.71 bits per heavy atom. The molecule has 0 saturated heterocycles. The van der Waals surface area contributed by atoms with Crippen LogP contribution in [0.1, 0.15) is 27.7 Å². The predicted octanol–water partition coefficient (Wildman–Crippen LogP) is 3.92. The molecule has 8 heteroatoms. The molecule has 3 aromatic rings. The van der Waals surface area contributed by atoms with Crippen LogP contribution in [0.2, 0.25) is 0 Å². The number of amides is 1. The summed E-state index contributed by atoms with van der Waals surface area (Å²) in [5.74, 6) is 1.65. The molecule has 0 fully saturated rings. The number of carbonyl (C=O) groups is 1. The third-order valence-electron chi connectivity index (χ3n) is 4.74. The van der Waals surface area contributed by atoms with Gasteiger partial charge in [-0.25, -0.2) is 4.98 Å². The number of furan rings is 1. The second-order valence-corrected chi connectivity index (χ2v) is 7.08. The van der Waals surface area contributed by atoms with Crippen molar-refractivity contribution in [3.05, 3.63) is 30.5 Å². The van der Waals surface area contributed by atoms with Crippen molar-refractivity contribution in [1.82, 2.24) is 9.97 Å². The lowest BCUT2D eigenvalue weighted by molar-refractivity contribution is -0.129. The smallest absolute Gasteiger partial charge is 0.268 e. The number of benzene rings is 1. The van der Waals surface area contributed by atoms with E-state index in [1.165, 1.54) is 0 Å². The van der Waals surface area contributed by atoms with Crippen LogP contribution < -0.4 is 20.3 Å². The van der Waals surface area contributed by atoms with E-state index in [1.807, 2.05) is 24.3 Å². The lowest BCUT2D eigenvalue weighted by Gasteiger charge is -2.31. The molecule has 3 heterocycles. The quantitative estimate of drug-likeness (QED) is 0.692. The Labute approximate surface area is 162 Å². The Kier molecular flexibility index (Phi) is 4.33. The van der Waals surface area contributed by atoms with Gasteiger partial charge in [-0.3, -0.25) is 4.79 Å². The van der Waals surface area contributed by atoms with E-state index in [4.69, 9.17) is 9.15 Å². The van der Waals surface area contributed by atoms with Crippen molar-refractivity contribution in [2.75, 3.05) is 28.6 Å². The van der Waals surface area contributed by atoms with Gasteiger partial charge in [-0.2, -0.15) is 4.98 Å². The number of nitrogens with zero attached hydrogens (tertiary/aromatic N) is 3. The Hall–Kier alpha value is -3.29. The molecule has 0 radical (unpaired) electrons. The highest BCUT2D eigenvalue weighted by Crippen LogP contribution is 2.36.